The number of halogens is 1. The fourth-order valence-electron chi connectivity index (χ4n) is 3.21. The average molecular weight is 274 g/mol. The number of fused-ring (bicyclic) bond motifs is 1. The van der Waals surface area contributed by atoms with Gasteiger partial charge in [0, 0.05) is 16.9 Å². The molecular formula is C15H15FN2S. The molecule has 0 bridgehead atoms. The maximum absolute atomic E-state index is 14.3. The second kappa shape index (κ2) is 4.57. The molecule has 1 saturated carbocycles. The minimum atomic E-state index is -0.494. The lowest BCUT2D eigenvalue weighted by Crippen LogP contribution is -2.37. The van der Waals surface area contributed by atoms with Crippen LogP contribution in [0.15, 0.2) is 23.2 Å². The molecule has 4 heteroatoms. The Kier molecular flexibility index (Phi) is 3.02. The molecule has 2 nitrogen and oxygen atoms in total. The Balaban J connectivity index is 2.18. The molecule has 3 rings (SSSR count). The van der Waals surface area contributed by atoms with Gasteiger partial charge in [-0.25, -0.2) is 4.39 Å². The van der Waals surface area contributed by atoms with Crippen LogP contribution in [-0.2, 0) is 5.54 Å². The second-order valence-electron chi connectivity index (χ2n) is 5.11. The number of aliphatic imine (C=N–C) groups is 1. The number of nitrogens with zero attached hydrogens (tertiary/aromatic N) is 1. The highest BCUT2D eigenvalue weighted by Crippen LogP contribution is 2.51. The third-order valence-electron chi connectivity index (χ3n) is 4.13. The first-order valence-electron chi connectivity index (χ1n) is 6.40. The Bertz CT molecular complexity index is 590. The van der Waals surface area contributed by atoms with Crippen LogP contribution < -0.4 is 5.73 Å². The summed E-state index contributed by atoms with van der Waals surface area (Å²) in [5.41, 5.74) is 6.71. The van der Waals surface area contributed by atoms with E-state index in [1.165, 1.54) is 6.07 Å². The fourth-order valence-corrected chi connectivity index (χ4v) is 4.25. The molecule has 0 spiro atoms. The van der Waals surface area contributed by atoms with Crippen molar-refractivity contribution in [3.8, 4) is 12.3 Å². The lowest BCUT2D eigenvalue weighted by molar-refractivity contribution is 0.341. The Morgan fingerprint density at radius 1 is 1.53 bits per heavy atom. The quantitative estimate of drug-likeness (QED) is 0.800. The van der Waals surface area contributed by atoms with Crippen molar-refractivity contribution < 1.29 is 4.39 Å². The average Bonchev–Trinajstić information content (AvgIpc) is 2.83. The zero-order valence-electron chi connectivity index (χ0n) is 10.5. The number of benzene rings is 1. The van der Waals surface area contributed by atoms with Gasteiger partial charge in [-0.1, -0.05) is 24.1 Å². The molecule has 98 valence electrons. The van der Waals surface area contributed by atoms with Gasteiger partial charge in [-0.15, -0.1) is 6.42 Å². The summed E-state index contributed by atoms with van der Waals surface area (Å²) in [6.07, 6.45) is 8.40. The zero-order valence-corrected chi connectivity index (χ0v) is 11.3. The number of rotatable bonds is 1. The van der Waals surface area contributed by atoms with Gasteiger partial charge in [-0.05, 0) is 37.0 Å². The van der Waals surface area contributed by atoms with Gasteiger partial charge in [0.05, 0.1) is 5.54 Å². The highest BCUT2D eigenvalue weighted by atomic mass is 32.2. The van der Waals surface area contributed by atoms with Crippen molar-refractivity contribution in [2.75, 3.05) is 5.75 Å². The van der Waals surface area contributed by atoms with Crippen molar-refractivity contribution in [2.24, 2.45) is 16.6 Å². The van der Waals surface area contributed by atoms with Gasteiger partial charge in [-0.2, -0.15) is 0 Å². The standard InChI is InChI=1S/C15H15FN2S/c1-2-10-5-6-13(16)12(8-10)15-7-3-4-11(15)9-19-14(17)18-15/h1,5-6,8,11H,3-4,7,9H2,(H2,17,18). The van der Waals surface area contributed by atoms with Crippen LogP contribution in [0.2, 0.25) is 0 Å². The summed E-state index contributed by atoms with van der Waals surface area (Å²) in [6, 6.07) is 4.84. The molecular weight excluding hydrogens is 259 g/mol. The normalized spacial score (nSPS) is 29.5. The van der Waals surface area contributed by atoms with Crippen LogP contribution in [0, 0.1) is 24.1 Å². The second-order valence-corrected chi connectivity index (χ2v) is 6.15. The van der Waals surface area contributed by atoms with Crippen molar-refractivity contribution in [1.82, 2.24) is 0 Å². The Morgan fingerprint density at radius 3 is 3.16 bits per heavy atom. The molecule has 0 radical (unpaired) electrons. The maximum Gasteiger partial charge on any atom is 0.154 e. The van der Waals surface area contributed by atoms with E-state index in [-0.39, 0.29) is 5.82 Å². The molecule has 2 aliphatic rings. The maximum atomic E-state index is 14.3. The van der Waals surface area contributed by atoms with Crippen LogP contribution in [-0.4, -0.2) is 10.9 Å². The summed E-state index contributed by atoms with van der Waals surface area (Å²) in [4.78, 5) is 4.63. The van der Waals surface area contributed by atoms with Crippen LogP contribution in [0.25, 0.3) is 0 Å². The van der Waals surface area contributed by atoms with E-state index in [1.54, 1.807) is 23.9 Å². The summed E-state index contributed by atoms with van der Waals surface area (Å²) in [5.74, 6) is 3.61. The molecule has 1 aromatic rings. The van der Waals surface area contributed by atoms with Gasteiger partial charge < -0.3 is 5.73 Å². The Morgan fingerprint density at radius 2 is 2.37 bits per heavy atom. The van der Waals surface area contributed by atoms with E-state index in [1.807, 2.05) is 0 Å². The lowest BCUT2D eigenvalue weighted by atomic mass is 9.81. The van der Waals surface area contributed by atoms with Gasteiger partial charge in [-0.3, -0.25) is 4.99 Å². The van der Waals surface area contributed by atoms with Gasteiger partial charge in [0.1, 0.15) is 5.82 Å². The fraction of sp³-hybridized carbons (Fsp3) is 0.400. The third kappa shape index (κ3) is 1.93. The number of thioether (sulfide) groups is 1. The van der Waals surface area contributed by atoms with E-state index >= 15 is 0 Å². The molecule has 1 fully saturated rings. The van der Waals surface area contributed by atoms with Gasteiger partial charge >= 0.3 is 0 Å². The lowest BCUT2D eigenvalue weighted by Gasteiger charge is -2.36. The Labute approximate surface area is 116 Å². The van der Waals surface area contributed by atoms with Crippen LogP contribution in [0.5, 0.6) is 0 Å². The zero-order chi connectivity index (χ0) is 13.5. The van der Waals surface area contributed by atoms with E-state index < -0.39 is 5.54 Å². The third-order valence-corrected chi connectivity index (χ3v) is 5.08. The summed E-state index contributed by atoms with van der Waals surface area (Å²) >= 11 is 1.57. The van der Waals surface area contributed by atoms with Crippen LogP contribution in [0.4, 0.5) is 4.39 Å². The molecule has 1 heterocycles. The molecule has 19 heavy (non-hydrogen) atoms. The molecule has 1 aliphatic heterocycles. The van der Waals surface area contributed by atoms with Gasteiger partial charge in [0.25, 0.3) is 0 Å². The molecule has 1 aromatic carbocycles. The summed E-state index contributed by atoms with van der Waals surface area (Å²) in [5, 5.41) is 0.559. The molecule has 2 atom stereocenters. The SMILES string of the molecule is C#Cc1ccc(F)c(C23CCCC2CSC(N)=N3)c1. The van der Waals surface area contributed by atoms with Gasteiger partial charge in [0.2, 0.25) is 0 Å². The van der Waals surface area contributed by atoms with Crippen LogP contribution in [0.1, 0.15) is 30.4 Å². The highest BCUT2D eigenvalue weighted by Gasteiger charge is 2.47. The number of hydrogen-bond acceptors (Lipinski definition) is 3. The monoisotopic (exact) mass is 274 g/mol. The van der Waals surface area contributed by atoms with E-state index in [2.05, 4.69) is 10.9 Å². The van der Waals surface area contributed by atoms with E-state index in [0.29, 0.717) is 22.2 Å². The smallest absolute Gasteiger partial charge is 0.154 e. The van der Waals surface area contributed by atoms with E-state index in [4.69, 9.17) is 12.2 Å². The Hall–Kier alpha value is -1.47. The van der Waals surface area contributed by atoms with E-state index in [0.717, 1.165) is 25.0 Å². The number of terminal acetylenes is 1. The predicted octanol–water partition coefficient (Wildman–Crippen LogP) is 2.86. The summed E-state index contributed by atoms with van der Waals surface area (Å²) in [6.45, 7) is 0. The van der Waals surface area contributed by atoms with Crippen LogP contribution in [0.3, 0.4) is 0 Å². The largest absolute Gasteiger partial charge is 0.379 e. The first-order chi connectivity index (χ1) is 9.15. The number of hydrogen-bond donors (Lipinski definition) is 1. The van der Waals surface area contributed by atoms with Crippen molar-refractivity contribution in [3.05, 3.63) is 35.1 Å². The minimum absolute atomic E-state index is 0.227. The number of nitrogens with two attached hydrogens (primary N) is 1. The van der Waals surface area contributed by atoms with Crippen molar-refractivity contribution in [3.63, 3.8) is 0 Å². The van der Waals surface area contributed by atoms with Crippen molar-refractivity contribution in [1.29, 1.82) is 0 Å². The molecule has 2 N–H and O–H groups in total. The summed E-state index contributed by atoms with van der Waals surface area (Å²) in [7, 11) is 0. The highest BCUT2D eigenvalue weighted by molar-refractivity contribution is 8.13. The first-order valence-corrected chi connectivity index (χ1v) is 7.39. The molecule has 2 unspecified atom stereocenters. The minimum Gasteiger partial charge on any atom is -0.379 e. The van der Waals surface area contributed by atoms with Crippen LogP contribution >= 0.6 is 11.8 Å². The number of amidine groups is 1. The molecule has 0 amide bonds. The topological polar surface area (TPSA) is 38.4 Å². The first kappa shape index (κ1) is 12.6. The molecule has 0 aromatic heterocycles. The van der Waals surface area contributed by atoms with Crippen molar-refractivity contribution >= 4 is 16.9 Å². The van der Waals surface area contributed by atoms with Crippen molar-refractivity contribution in [2.45, 2.75) is 24.8 Å². The molecule has 1 aliphatic carbocycles. The molecule has 0 saturated heterocycles. The van der Waals surface area contributed by atoms with Gasteiger partial charge in [0.15, 0.2) is 5.17 Å². The predicted molar refractivity (Wildman–Crippen MR) is 77.4 cm³/mol. The van der Waals surface area contributed by atoms with E-state index in [9.17, 15) is 4.39 Å². The summed E-state index contributed by atoms with van der Waals surface area (Å²) < 4.78 is 14.3.